The molecule has 0 radical (unpaired) electrons. The van der Waals surface area contributed by atoms with E-state index in [-0.39, 0.29) is 16.2 Å². The Morgan fingerprint density at radius 3 is 2.33 bits per heavy atom. The molecule has 0 saturated heterocycles. The molecular formula is C18H15ClF3NO3S. The number of carbonyl (C=O) groups is 1. The summed E-state index contributed by atoms with van der Waals surface area (Å²) in [5.41, 5.74) is -0.475. The molecule has 2 aromatic carbocycles. The van der Waals surface area contributed by atoms with E-state index in [2.05, 4.69) is 5.32 Å². The fraction of sp³-hybridized carbons (Fsp3) is 0.167. The molecule has 1 N–H and O–H groups in total. The summed E-state index contributed by atoms with van der Waals surface area (Å²) >= 11 is 5.54. The standard InChI is InChI=1S/C18H15ClF3NO3S/c1-2-27(25,26)14-7-5-13(6-8-14)23-17(24)10-4-12-3-9-16(19)15(11-12)18(20,21)22/h3-11H,2H2,1H3,(H,23,24)/b10-4+. The van der Waals surface area contributed by atoms with E-state index >= 15 is 0 Å². The van der Waals surface area contributed by atoms with Gasteiger partial charge in [-0.05, 0) is 48.0 Å². The van der Waals surface area contributed by atoms with Crippen molar-refractivity contribution in [2.24, 2.45) is 0 Å². The molecule has 27 heavy (non-hydrogen) atoms. The van der Waals surface area contributed by atoms with Gasteiger partial charge in [0.1, 0.15) is 0 Å². The molecule has 0 aliphatic rings. The second-order valence-electron chi connectivity index (χ2n) is 5.49. The maximum atomic E-state index is 12.8. The molecule has 0 heterocycles. The number of hydrogen-bond acceptors (Lipinski definition) is 3. The molecule has 0 bridgehead atoms. The molecule has 0 saturated carbocycles. The third kappa shape index (κ3) is 5.58. The first-order valence-electron chi connectivity index (χ1n) is 7.71. The lowest BCUT2D eigenvalue weighted by Gasteiger charge is -2.09. The molecule has 0 aliphatic carbocycles. The van der Waals surface area contributed by atoms with Crippen LogP contribution in [0.5, 0.6) is 0 Å². The zero-order valence-electron chi connectivity index (χ0n) is 14.0. The number of benzene rings is 2. The maximum Gasteiger partial charge on any atom is 0.417 e. The molecule has 2 rings (SSSR count). The van der Waals surface area contributed by atoms with Crippen LogP contribution in [0, 0.1) is 0 Å². The first kappa shape index (κ1) is 21.0. The van der Waals surface area contributed by atoms with E-state index in [4.69, 9.17) is 11.6 Å². The van der Waals surface area contributed by atoms with E-state index in [1.807, 2.05) is 0 Å². The van der Waals surface area contributed by atoms with Crippen LogP contribution in [-0.2, 0) is 20.8 Å². The van der Waals surface area contributed by atoms with Crippen LogP contribution < -0.4 is 5.32 Å². The lowest BCUT2D eigenvalue weighted by Crippen LogP contribution is -2.09. The number of amides is 1. The molecule has 0 atom stereocenters. The zero-order chi connectivity index (χ0) is 20.2. The molecule has 1 amide bonds. The molecule has 0 fully saturated rings. The van der Waals surface area contributed by atoms with Crippen molar-refractivity contribution < 1.29 is 26.4 Å². The molecule has 0 aliphatic heterocycles. The van der Waals surface area contributed by atoms with Crippen LogP contribution in [0.4, 0.5) is 18.9 Å². The topological polar surface area (TPSA) is 63.2 Å². The highest BCUT2D eigenvalue weighted by Gasteiger charge is 2.33. The second kappa shape index (κ2) is 8.14. The highest BCUT2D eigenvalue weighted by Crippen LogP contribution is 2.35. The average Bonchev–Trinajstić information content (AvgIpc) is 2.60. The van der Waals surface area contributed by atoms with E-state index in [1.165, 1.54) is 43.3 Å². The van der Waals surface area contributed by atoms with Gasteiger partial charge in [0, 0.05) is 11.8 Å². The molecule has 9 heteroatoms. The molecule has 0 spiro atoms. The molecule has 144 valence electrons. The minimum Gasteiger partial charge on any atom is -0.323 e. The van der Waals surface area contributed by atoms with Crippen LogP contribution in [0.1, 0.15) is 18.1 Å². The van der Waals surface area contributed by atoms with Crippen molar-refractivity contribution in [3.05, 3.63) is 64.7 Å². The number of rotatable bonds is 5. The van der Waals surface area contributed by atoms with E-state index in [0.29, 0.717) is 5.69 Å². The van der Waals surface area contributed by atoms with Gasteiger partial charge in [-0.1, -0.05) is 24.6 Å². The van der Waals surface area contributed by atoms with Crippen molar-refractivity contribution >= 4 is 39.1 Å². The Bertz CT molecular complexity index is 968. The number of carbonyl (C=O) groups excluding carboxylic acids is 1. The van der Waals surface area contributed by atoms with E-state index in [0.717, 1.165) is 18.2 Å². The van der Waals surface area contributed by atoms with Crippen LogP contribution in [0.25, 0.3) is 6.08 Å². The van der Waals surface area contributed by atoms with Gasteiger partial charge in [0.05, 0.1) is 21.2 Å². The smallest absolute Gasteiger partial charge is 0.323 e. The maximum absolute atomic E-state index is 12.8. The number of halogens is 4. The van der Waals surface area contributed by atoms with Gasteiger partial charge in [-0.3, -0.25) is 4.79 Å². The van der Waals surface area contributed by atoms with Gasteiger partial charge in [0.15, 0.2) is 9.84 Å². The predicted octanol–water partition coefficient (Wildman–Crippen LogP) is 4.80. The SMILES string of the molecule is CCS(=O)(=O)c1ccc(NC(=O)/C=C/c2ccc(Cl)c(C(F)(F)F)c2)cc1. The van der Waals surface area contributed by atoms with Crippen molar-refractivity contribution in [3.8, 4) is 0 Å². The highest BCUT2D eigenvalue weighted by molar-refractivity contribution is 7.91. The van der Waals surface area contributed by atoms with Gasteiger partial charge in [0.2, 0.25) is 5.91 Å². The fourth-order valence-corrected chi connectivity index (χ4v) is 3.24. The number of sulfone groups is 1. The van der Waals surface area contributed by atoms with Crippen LogP contribution in [0.2, 0.25) is 5.02 Å². The Kier molecular flexibility index (Phi) is 6.33. The van der Waals surface area contributed by atoms with E-state index in [1.54, 1.807) is 0 Å². The summed E-state index contributed by atoms with van der Waals surface area (Å²) in [6.07, 6.45) is -2.30. The van der Waals surface area contributed by atoms with Gasteiger partial charge in [0.25, 0.3) is 0 Å². The zero-order valence-corrected chi connectivity index (χ0v) is 15.6. The normalized spacial score (nSPS) is 12.3. The third-order valence-electron chi connectivity index (χ3n) is 3.58. The fourth-order valence-electron chi connectivity index (χ4n) is 2.13. The summed E-state index contributed by atoms with van der Waals surface area (Å²) in [6.45, 7) is 1.52. The predicted molar refractivity (Wildman–Crippen MR) is 98.3 cm³/mol. The Morgan fingerprint density at radius 1 is 1.15 bits per heavy atom. The van der Waals surface area contributed by atoms with E-state index in [9.17, 15) is 26.4 Å². The number of nitrogens with one attached hydrogen (secondary N) is 1. The van der Waals surface area contributed by atoms with Crippen molar-refractivity contribution in [2.45, 2.75) is 18.0 Å². The highest BCUT2D eigenvalue weighted by atomic mass is 35.5. The summed E-state index contributed by atoms with van der Waals surface area (Å²) < 4.78 is 61.9. The second-order valence-corrected chi connectivity index (χ2v) is 8.17. The minimum atomic E-state index is -4.59. The molecular weight excluding hydrogens is 403 g/mol. The van der Waals surface area contributed by atoms with Crippen LogP contribution in [0.15, 0.2) is 53.4 Å². The number of alkyl halides is 3. The summed E-state index contributed by atoms with van der Waals surface area (Å²) in [6, 6.07) is 8.90. The number of anilines is 1. The van der Waals surface area contributed by atoms with E-state index < -0.39 is 32.5 Å². The quantitative estimate of drug-likeness (QED) is 0.710. The lowest BCUT2D eigenvalue weighted by molar-refractivity contribution is -0.137. The first-order valence-corrected chi connectivity index (χ1v) is 9.74. The van der Waals surface area contributed by atoms with Crippen molar-refractivity contribution in [3.63, 3.8) is 0 Å². The van der Waals surface area contributed by atoms with Crippen molar-refractivity contribution in [2.75, 3.05) is 11.1 Å². The Balaban J connectivity index is 2.10. The summed E-state index contributed by atoms with van der Waals surface area (Å²) in [4.78, 5) is 12.0. The van der Waals surface area contributed by atoms with Gasteiger partial charge in [-0.25, -0.2) is 8.42 Å². The average molecular weight is 418 g/mol. The van der Waals surface area contributed by atoms with Crippen LogP contribution in [0.3, 0.4) is 0 Å². The van der Waals surface area contributed by atoms with Crippen LogP contribution >= 0.6 is 11.6 Å². The summed E-state index contributed by atoms with van der Waals surface area (Å²) in [5.74, 6) is -0.618. The largest absolute Gasteiger partial charge is 0.417 e. The minimum absolute atomic E-state index is 0.0392. The lowest BCUT2D eigenvalue weighted by atomic mass is 10.1. The van der Waals surface area contributed by atoms with Crippen molar-refractivity contribution in [1.29, 1.82) is 0 Å². The Hall–Kier alpha value is -2.32. The van der Waals surface area contributed by atoms with Gasteiger partial charge in [-0.2, -0.15) is 13.2 Å². The monoisotopic (exact) mass is 417 g/mol. The van der Waals surface area contributed by atoms with Gasteiger partial charge in [-0.15, -0.1) is 0 Å². The third-order valence-corrected chi connectivity index (χ3v) is 5.66. The van der Waals surface area contributed by atoms with Crippen molar-refractivity contribution in [1.82, 2.24) is 0 Å². The Morgan fingerprint density at radius 2 is 1.78 bits per heavy atom. The first-order chi connectivity index (χ1) is 12.5. The molecule has 4 nitrogen and oxygen atoms in total. The number of hydrogen-bond donors (Lipinski definition) is 1. The van der Waals surface area contributed by atoms with Gasteiger partial charge >= 0.3 is 6.18 Å². The van der Waals surface area contributed by atoms with Gasteiger partial charge < -0.3 is 5.32 Å². The summed E-state index contributed by atoms with van der Waals surface area (Å²) in [5, 5.41) is 2.07. The molecule has 0 unspecified atom stereocenters. The Labute approximate surface area is 159 Å². The molecule has 2 aromatic rings. The summed E-state index contributed by atoms with van der Waals surface area (Å²) in [7, 11) is -3.34. The molecule has 0 aromatic heterocycles. The van der Waals surface area contributed by atoms with Crippen LogP contribution in [-0.4, -0.2) is 20.1 Å².